The van der Waals surface area contributed by atoms with Crippen molar-refractivity contribution in [1.82, 2.24) is 0 Å². The predicted molar refractivity (Wildman–Crippen MR) is 83.5 cm³/mol. The van der Waals surface area contributed by atoms with Gasteiger partial charge in [0.15, 0.2) is 0 Å². The van der Waals surface area contributed by atoms with Gasteiger partial charge in [-0.05, 0) is 36.4 Å². The largest absolute Gasteiger partial charge is 0.495 e. The lowest BCUT2D eigenvalue weighted by Gasteiger charge is -2.12. The van der Waals surface area contributed by atoms with Crippen LogP contribution >= 0.6 is 11.6 Å². The van der Waals surface area contributed by atoms with Crippen LogP contribution in [0.4, 0.5) is 17.1 Å². The average Bonchev–Trinajstić information content (AvgIpc) is 2.48. The van der Waals surface area contributed by atoms with Crippen molar-refractivity contribution >= 4 is 34.6 Å². The fraction of sp³-hybridized carbons (Fsp3) is 0.133. The number of carbonyl (C=O) groups excluding carboxylic acids is 1. The topological polar surface area (TPSA) is 73.6 Å². The standard InChI is InChI=1S/C15H15ClN2O3/c1-20-14-6-4-10(8-12(14)16)18-13-5-3-9(17)7-11(13)15(19)21-2/h3-8,18H,17H2,1-2H3. The smallest absolute Gasteiger partial charge is 0.340 e. The summed E-state index contributed by atoms with van der Waals surface area (Å²) in [4.78, 5) is 11.8. The molecule has 0 spiro atoms. The van der Waals surface area contributed by atoms with Crippen LogP contribution in [0, 0.1) is 0 Å². The molecular weight excluding hydrogens is 292 g/mol. The highest BCUT2D eigenvalue weighted by molar-refractivity contribution is 6.32. The summed E-state index contributed by atoms with van der Waals surface area (Å²) in [5, 5.41) is 3.58. The second kappa shape index (κ2) is 6.37. The number of anilines is 3. The monoisotopic (exact) mass is 306 g/mol. The van der Waals surface area contributed by atoms with E-state index in [9.17, 15) is 4.79 Å². The Morgan fingerprint density at radius 1 is 1.19 bits per heavy atom. The molecule has 3 N–H and O–H groups in total. The zero-order valence-electron chi connectivity index (χ0n) is 11.6. The van der Waals surface area contributed by atoms with Gasteiger partial charge in [0, 0.05) is 11.4 Å². The Kier molecular flexibility index (Phi) is 4.55. The molecule has 0 amide bonds. The van der Waals surface area contributed by atoms with Crippen LogP contribution in [-0.2, 0) is 4.74 Å². The van der Waals surface area contributed by atoms with Crippen molar-refractivity contribution in [3.05, 3.63) is 47.0 Å². The number of nitrogens with one attached hydrogen (secondary N) is 1. The molecular formula is C15H15ClN2O3. The lowest BCUT2D eigenvalue weighted by molar-refractivity contribution is 0.0602. The minimum absolute atomic E-state index is 0.351. The van der Waals surface area contributed by atoms with Crippen LogP contribution in [0.2, 0.25) is 5.02 Å². The van der Waals surface area contributed by atoms with E-state index in [1.54, 1.807) is 43.5 Å². The van der Waals surface area contributed by atoms with Crippen LogP contribution in [-0.4, -0.2) is 20.2 Å². The van der Waals surface area contributed by atoms with Crippen LogP contribution in [0.25, 0.3) is 0 Å². The quantitative estimate of drug-likeness (QED) is 0.668. The maximum Gasteiger partial charge on any atom is 0.340 e. The summed E-state index contributed by atoms with van der Waals surface area (Å²) >= 11 is 6.07. The first-order valence-corrected chi connectivity index (χ1v) is 6.51. The van der Waals surface area contributed by atoms with Crippen molar-refractivity contribution in [2.75, 3.05) is 25.3 Å². The van der Waals surface area contributed by atoms with E-state index in [1.807, 2.05) is 0 Å². The first-order valence-electron chi connectivity index (χ1n) is 6.13. The van der Waals surface area contributed by atoms with Crippen molar-refractivity contribution in [3.8, 4) is 5.75 Å². The molecule has 0 aromatic heterocycles. The van der Waals surface area contributed by atoms with E-state index >= 15 is 0 Å². The number of nitrogen functional groups attached to an aromatic ring is 1. The number of ether oxygens (including phenoxy) is 2. The molecule has 0 unspecified atom stereocenters. The summed E-state index contributed by atoms with van der Waals surface area (Å²) in [6.45, 7) is 0. The van der Waals surface area contributed by atoms with Crippen molar-refractivity contribution in [3.63, 3.8) is 0 Å². The minimum atomic E-state index is -0.468. The third-order valence-corrected chi connectivity index (χ3v) is 3.18. The van der Waals surface area contributed by atoms with Gasteiger partial charge in [-0.3, -0.25) is 0 Å². The molecule has 0 aliphatic heterocycles. The molecule has 0 saturated heterocycles. The molecule has 0 atom stereocenters. The number of rotatable bonds is 4. The first-order chi connectivity index (χ1) is 10.0. The number of hydrogen-bond donors (Lipinski definition) is 2. The van der Waals surface area contributed by atoms with Crippen LogP contribution in [0.1, 0.15) is 10.4 Å². The summed E-state index contributed by atoms with van der Waals surface area (Å²) < 4.78 is 9.84. The normalized spacial score (nSPS) is 10.0. The summed E-state index contributed by atoms with van der Waals surface area (Å²) in [6, 6.07) is 10.2. The van der Waals surface area contributed by atoms with Crippen LogP contribution in [0.15, 0.2) is 36.4 Å². The van der Waals surface area contributed by atoms with Gasteiger partial charge in [-0.25, -0.2) is 4.79 Å². The maximum absolute atomic E-state index is 11.8. The number of benzene rings is 2. The highest BCUT2D eigenvalue weighted by Gasteiger charge is 2.13. The first kappa shape index (κ1) is 15.0. The second-order valence-electron chi connectivity index (χ2n) is 4.27. The fourth-order valence-electron chi connectivity index (χ4n) is 1.85. The van der Waals surface area contributed by atoms with Crippen molar-refractivity contribution in [2.24, 2.45) is 0 Å². The Bertz CT molecular complexity index is 674. The van der Waals surface area contributed by atoms with Gasteiger partial charge in [0.1, 0.15) is 5.75 Å². The molecule has 0 heterocycles. The molecule has 0 bridgehead atoms. The average molecular weight is 307 g/mol. The second-order valence-corrected chi connectivity index (χ2v) is 4.68. The van der Waals surface area contributed by atoms with Gasteiger partial charge in [0.25, 0.3) is 0 Å². The van der Waals surface area contributed by atoms with E-state index in [2.05, 4.69) is 5.32 Å². The Morgan fingerprint density at radius 3 is 2.57 bits per heavy atom. The maximum atomic E-state index is 11.8. The lowest BCUT2D eigenvalue weighted by Crippen LogP contribution is -2.06. The molecule has 0 aliphatic carbocycles. The van der Waals surface area contributed by atoms with Crippen molar-refractivity contribution in [2.45, 2.75) is 0 Å². The molecule has 2 rings (SSSR count). The Balaban J connectivity index is 2.35. The van der Waals surface area contributed by atoms with E-state index in [-0.39, 0.29) is 0 Å². The SMILES string of the molecule is COC(=O)c1cc(N)ccc1Nc1ccc(OC)c(Cl)c1. The summed E-state index contributed by atoms with van der Waals surface area (Å²) in [5.41, 5.74) is 7.83. The third kappa shape index (κ3) is 3.38. The molecule has 2 aromatic rings. The Morgan fingerprint density at radius 2 is 1.95 bits per heavy atom. The molecule has 0 aliphatic rings. The van der Waals surface area contributed by atoms with Gasteiger partial charge in [0.2, 0.25) is 0 Å². The number of carbonyl (C=O) groups is 1. The van der Waals surface area contributed by atoms with Gasteiger partial charge < -0.3 is 20.5 Å². The van der Waals surface area contributed by atoms with Gasteiger partial charge in [0.05, 0.1) is 30.5 Å². The molecule has 0 radical (unpaired) electrons. The Labute approximate surface area is 127 Å². The van der Waals surface area contributed by atoms with Crippen LogP contribution in [0.3, 0.4) is 0 Å². The lowest BCUT2D eigenvalue weighted by atomic mass is 10.1. The van der Waals surface area contributed by atoms with Gasteiger partial charge >= 0.3 is 5.97 Å². The van der Waals surface area contributed by atoms with E-state index in [0.29, 0.717) is 27.7 Å². The van der Waals surface area contributed by atoms with Crippen LogP contribution in [0.5, 0.6) is 5.75 Å². The summed E-state index contributed by atoms with van der Waals surface area (Å²) in [5.74, 6) is 0.108. The van der Waals surface area contributed by atoms with E-state index in [4.69, 9.17) is 26.8 Å². The minimum Gasteiger partial charge on any atom is -0.495 e. The molecule has 0 saturated carbocycles. The highest BCUT2D eigenvalue weighted by atomic mass is 35.5. The number of halogens is 1. The zero-order chi connectivity index (χ0) is 15.4. The zero-order valence-corrected chi connectivity index (χ0v) is 12.4. The highest BCUT2D eigenvalue weighted by Crippen LogP contribution is 2.30. The van der Waals surface area contributed by atoms with E-state index < -0.39 is 5.97 Å². The van der Waals surface area contributed by atoms with Gasteiger partial charge in [-0.15, -0.1) is 0 Å². The van der Waals surface area contributed by atoms with Crippen molar-refractivity contribution < 1.29 is 14.3 Å². The van der Waals surface area contributed by atoms with Crippen molar-refractivity contribution in [1.29, 1.82) is 0 Å². The van der Waals surface area contributed by atoms with E-state index in [0.717, 1.165) is 5.69 Å². The third-order valence-electron chi connectivity index (χ3n) is 2.88. The molecule has 2 aromatic carbocycles. The van der Waals surface area contributed by atoms with Gasteiger partial charge in [-0.1, -0.05) is 11.6 Å². The van der Waals surface area contributed by atoms with Gasteiger partial charge in [-0.2, -0.15) is 0 Å². The summed E-state index contributed by atoms with van der Waals surface area (Å²) in [6.07, 6.45) is 0. The number of nitrogens with two attached hydrogens (primary N) is 1. The predicted octanol–water partition coefficient (Wildman–Crippen LogP) is 3.46. The Hall–Kier alpha value is -2.40. The number of methoxy groups -OCH3 is 2. The molecule has 6 heteroatoms. The molecule has 5 nitrogen and oxygen atoms in total. The van der Waals surface area contributed by atoms with E-state index in [1.165, 1.54) is 7.11 Å². The molecule has 110 valence electrons. The summed E-state index contributed by atoms with van der Waals surface area (Å²) in [7, 11) is 2.86. The fourth-order valence-corrected chi connectivity index (χ4v) is 2.11. The molecule has 21 heavy (non-hydrogen) atoms. The number of hydrogen-bond acceptors (Lipinski definition) is 5. The molecule has 0 fully saturated rings. The van der Waals surface area contributed by atoms with Crippen LogP contribution < -0.4 is 15.8 Å². The number of esters is 1.